The zero-order chi connectivity index (χ0) is 19.2. The average Bonchev–Trinajstić information content (AvgIpc) is 2.64. The van der Waals surface area contributed by atoms with Crippen LogP contribution < -0.4 is 10.1 Å². The van der Waals surface area contributed by atoms with Crippen LogP contribution in [0.3, 0.4) is 0 Å². The quantitative estimate of drug-likeness (QED) is 0.797. The van der Waals surface area contributed by atoms with E-state index in [4.69, 9.17) is 9.47 Å². The number of ether oxygens (including phenoxy) is 2. The van der Waals surface area contributed by atoms with E-state index in [0.717, 1.165) is 17.7 Å². The van der Waals surface area contributed by atoms with Gasteiger partial charge in [-0.3, -0.25) is 4.79 Å². The first-order valence-corrected chi connectivity index (χ1v) is 7.53. The Balaban J connectivity index is 1.84. The van der Waals surface area contributed by atoms with E-state index in [9.17, 15) is 22.8 Å². The molecular formula is C18H16F3NO4. The number of amides is 1. The summed E-state index contributed by atoms with van der Waals surface area (Å²) in [6, 6.07) is 10.8. The predicted molar refractivity (Wildman–Crippen MR) is 86.6 cm³/mol. The van der Waals surface area contributed by atoms with Gasteiger partial charge < -0.3 is 14.8 Å². The van der Waals surface area contributed by atoms with Crippen molar-refractivity contribution in [2.75, 3.05) is 13.7 Å². The van der Waals surface area contributed by atoms with Gasteiger partial charge in [0, 0.05) is 6.54 Å². The Kier molecular flexibility index (Phi) is 6.21. The highest BCUT2D eigenvalue weighted by Crippen LogP contribution is 2.29. The van der Waals surface area contributed by atoms with E-state index < -0.39 is 30.2 Å². The summed E-state index contributed by atoms with van der Waals surface area (Å²) < 4.78 is 47.7. The molecule has 0 heterocycles. The van der Waals surface area contributed by atoms with Gasteiger partial charge in [0.2, 0.25) is 0 Å². The summed E-state index contributed by atoms with van der Waals surface area (Å²) in [7, 11) is 1.54. The minimum atomic E-state index is -4.56. The molecule has 2 aromatic carbocycles. The van der Waals surface area contributed by atoms with Crippen molar-refractivity contribution in [2.45, 2.75) is 12.7 Å². The highest BCUT2D eigenvalue weighted by atomic mass is 19.4. The molecule has 2 aromatic rings. The number of benzene rings is 2. The van der Waals surface area contributed by atoms with E-state index in [0.29, 0.717) is 11.8 Å². The number of rotatable bonds is 6. The molecule has 138 valence electrons. The number of halogens is 3. The summed E-state index contributed by atoms with van der Waals surface area (Å²) in [6.45, 7) is -0.380. The minimum absolute atomic E-state index is 0.212. The Morgan fingerprint density at radius 3 is 2.38 bits per heavy atom. The van der Waals surface area contributed by atoms with Crippen molar-refractivity contribution < 1.29 is 32.2 Å². The molecule has 2 rings (SSSR count). The molecule has 0 aliphatic rings. The van der Waals surface area contributed by atoms with Crippen molar-refractivity contribution >= 4 is 11.9 Å². The monoisotopic (exact) mass is 367 g/mol. The lowest BCUT2D eigenvalue weighted by Crippen LogP contribution is -2.28. The van der Waals surface area contributed by atoms with Crippen molar-refractivity contribution in [2.24, 2.45) is 0 Å². The van der Waals surface area contributed by atoms with Gasteiger partial charge in [0.15, 0.2) is 6.61 Å². The van der Waals surface area contributed by atoms with Gasteiger partial charge in [0.25, 0.3) is 5.91 Å². The van der Waals surface area contributed by atoms with Crippen molar-refractivity contribution in [1.82, 2.24) is 5.32 Å². The zero-order valence-electron chi connectivity index (χ0n) is 13.8. The number of hydrogen-bond acceptors (Lipinski definition) is 4. The molecule has 0 saturated carbocycles. The molecule has 1 amide bonds. The first-order valence-electron chi connectivity index (χ1n) is 7.53. The van der Waals surface area contributed by atoms with Gasteiger partial charge in [-0.1, -0.05) is 18.2 Å². The lowest BCUT2D eigenvalue weighted by atomic mass is 10.1. The summed E-state index contributed by atoms with van der Waals surface area (Å²) in [6.07, 6.45) is -4.56. The summed E-state index contributed by atoms with van der Waals surface area (Å²) in [5.41, 5.74) is -0.429. The Labute approximate surface area is 147 Å². The van der Waals surface area contributed by atoms with Crippen LogP contribution in [0.25, 0.3) is 0 Å². The molecule has 26 heavy (non-hydrogen) atoms. The van der Waals surface area contributed by atoms with E-state index in [1.165, 1.54) is 13.2 Å². The number of carbonyl (C=O) groups is 2. The average molecular weight is 367 g/mol. The maximum Gasteiger partial charge on any atom is 0.416 e. The van der Waals surface area contributed by atoms with Crippen LogP contribution in [0.2, 0.25) is 0 Å². The van der Waals surface area contributed by atoms with Gasteiger partial charge in [-0.15, -0.1) is 0 Å². The van der Waals surface area contributed by atoms with Crippen LogP contribution in [0.15, 0.2) is 48.5 Å². The number of hydrogen-bond donors (Lipinski definition) is 1. The second-order valence-electron chi connectivity index (χ2n) is 5.28. The fraction of sp³-hybridized carbons (Fsp3) is 0.222. The highest BCUT2D eigenvalue weighted by molar-refractivity contribution is 5.91. The summed E-state index contributed by atoms with van der Waals surface area (Å²) >= 11 is 0. The van der Waals surface area contributed by atoms with E-state index >= 15 is 0 Å². The fourth-order valence-electron chi connectivity index (χ4n) is 2.03. The number of methoxy groups -OCH3 is 1. The number of nitrogens with one attached hydrogen (secondary N) is 1. The molecule has 5 nitrogen and oxygen atoms in total. The highest BCUT2D eigenvalue weighted by Gasteiger charge is 2.31. The van der Waals surface area contributed by atoms with Gasteiger partial charge in [-0.25, -0.2) is 4.79 Å². The van der Waals surface area contributed by atoms with E-state index in [1.807, 2.05) is 0 Å². The second kappa shape index (κ2) is 8.37. The number of carbonyl (C=O) groups excluding carboxylic acids is 2. The van der Waals surface area contributed by atoms with Gasteiger partial charge >= 0.3 is 12.1 Å². The molecule has 0 bridgehead atoms. The Bertz CT molecular complexity index is 773. The van der Waals surface area contributed by atoms with Crippen LogP contribution >= 0.6 is 0 Å². The minimum Gasteiger partial charge on any atom is -0.497 e. The first-order chi connectivity index (χ1) is 12.3. The SMILES string of the molecule is COc1ccc(CNC(=O)COC(=O)c2cccc(C(F)(F)F)c2)cc1. The third-order valence-electron chi connectivity index (χ3n) is 3.41. The van der Waals surface area contributed by atoms with Crippen LogP contribution in [-0.4, -0.2) is 25.6 Å². The molecule has 0 radical (unpaired) electrons. The molecule has 0 aliphatic carbocycles. The molecule has 0 atom stereocenters. The van der Waals surface area contributed by atoms with Gasteiger partial charge in [-0.2, -0.15) is 13.2 Å². The first kappa shape index (κ1) is 19.3. The summed E-state index contributed by atoms with van der Waals surface area (Å²) in [5.74, 6) is -0.896. The maximum absolute atomic E-state index is 12.6. The van der Waals surface area contributed by atoms with Gasteiger partial charge in [0.1, 0.15) is 5.75 Å². The number of alkyl halides is 3. The maximum atomic E-state index is 12.6. The Hall–Kier alpha value is -3.03. The summed E-state index contributed by atoms with van der Waals surface area (Å²) in [4.78, 5) is 23.5. The lowest BCUT2D eigenvalue weighted by Gasteiger charge is -2.09. The van der Waals surface area contributed by atoms with E-state index in [1.54, 1.807) is 24.3 Å². The van der Waals surface area contributed by atoms with Gasteiger partial charge in [-0.05, 0) is 35.9 Å². The third-order valence-corrected chi connectivity index (χ3v) is 3.41. The van der Waals surface area contributed by atoms with Crippen molar-refractivity contribution in [3.8, 4) is 5.75 Å². The third kappa shape index (κ3) is 5.51. The molecule has 8 heteroatoms. The normalized spacial score (nSPS) is 10.9. The fourth-order valence-corrected chi connectivity index (χ4v) is 2.03. The van der Waals surface area contributed by atoms with Crippen molar-refractivity contribution in [3.05, 3.63) is 65.2 Å². The van der Waals surface area contributed by atoms with Crippen LogP contribution in [0.4, 0.5) is 13.2 Å². The smallest absolute Gasteiger partial charge is 0.416 e. The van der Waals surface area contributed by atoms with Gasteiger partial charge in [0.05, 0.1) is 18.2 Å². The van der Waals surface area contributed by atoms with Crippen molar-refractivity contribution in [3.63, 3.8) is 0 Å². The van der Waals surface area contributed by atoms with E-state index in [2.05, 4.69) is 5.32 Å². The molecule has 0 aliphatic heterocycles. The Morgan fingerprint density at radius 2 is 1.77 bits per heavy atom. The van der Waals surface area contributed by atoms with Crippen LogP contribution in [0.1, 0.15) is 21.5 Å². The molecule has 0 unspecified atom stereocenters. The lowest BCUT2D eigenvalue weighted by molar-refractivity contribution is -0.137. The second-order valence-corrected chi connectivity index (χ2v) is 5.28. The standard InChI is InChI=1S/C18H16F3NO4/c1-25-15-7-5-12(6-8-15)10-22-16(23)11-26-17(24)13-3-2-4-14(9-13)18(19,20)21/h2-9H,10-11H2,1H3,(H,22,23). The summed E-state index contributed by atoms with van der Waals surface area (Å²) in [5, 5.41) is 2.54. The Morgan fingerprint density at radius 1 is 1.08 bits per heavy atom. The van der Waals surface area contributed by atoms with Crippen LogP contribution in [0, 0.1) is 0 Å². The molecular weight excluding hydrogens is 351 g/mol. The van der Waals surface area contributed by atoms with Crippen LogP contribution in [-0.2, 0) is 22.3 Å². The largest absolute Gasteiger partial charge is 0.497 e. The molecule has 0 fully saturated rings. The zero-order valence-corrected chi connectivity index (χ0v) is 13.8. The molecule has 0 saturated heterocycles. The van der Waals surface area contributed by atoms with Crippen LogP contribution in [0.5, 0.6) is 5.75 Å². The molecule has 0 aromatic heterocycles. The van der Waals surface area contributed by atoms with Crippen molar-refractivity contribution in [1.29, 1.82) is 0 Å². The molecule has 0 spiro atoms. The molecule has 1 N–H and O–H groups in total. The van der Waals surface area contributed by atoms with E-state index in [-0.39, 0.29) is 12.1 Å². The predicted octanol–water partition coefficient (Wildman–Crippen LogP) is 3.19. The topological polar surface area (TPSA) is 64.6 Å². The number of esters is 1.